The van der Waals surface area contributed by atoms with Crippen molar-refractivity contribution in [2.45, 2.75) is 6.92 Å². The smallest absolute Gasteiger partial charge is 0.265 e. The van der Waals surface area contributed by atoms with Gasteiger partial charge in [0.15, 0.2) is 18.1 Å². The maximum atomic E-state index is 11.8. The summed E-state index contributed by atoms with van der Waals surface area (Å²) < 4.78 is 10.7. The monoisotopic (exact) mass is 396 g/mol. The van der Waals surface area contributed by atoms with Crippen LogP contribution >= 0.6 is 23.2 Å². The van der Waals surface area contributed by atoms with Gasteiger partial charge in [-0.2, -0.15) is 0 Å². The van der Waals surface area contributed by atoms with Gasteiger partial charge in [-0.25, -0.2) is 0 Å². The van der Waals surface area contributed by atoms with Crippen LogP contribution in [0.5, 0.6) is 11.5 Å². The summed E-state index contributed by atoms with van der Waals surface area (Å²) in [6, 6.07) is 10.1. The van der Waals surface area contributed by atoms with Gasteiger partial charge in [0.1, 0.15) is 0 Å². The van der Waals surface area contributed by atoms with Crippen LogP contribution in [0, 0.1) is 0 Å². The molecular formula is C18H18Cl2N2O4. The summed E-state index contributed by atoms with van der Waals surface area (Å²) in [6.45, 7) is 2.09. The SMILES string of the molecule is CCOc1cc(/C=N/OCC(=O)Nc2ccc(Cl)cc2)cc(Cl)c1OC. The highest BCUT2D eigenvalue weighted by atomic mass is 35.5. The van der Waals surface area contributed by atoms with E-state index in [2.05, 4.69) is 10.5 Å². The average Bonchev–Trinajstić information content (AvgIpc) is 2.61. The Morgan fingerprint density at radius 3 is 2.62 bits per heavy atom. The lowest BCUT2D eigenvalue weighted by atomic mass is 10.2. The minimum atomic E-state index is -0.341. The second kappa shape index (κ2) is 9.89. The Morgan fingerprint density at radius 2 is 1.96 bits per heavy atom. The Balaban J connectivity index is 1.91. The van der Waals surface area contributed by atoms with Gasteiger partial charge in [0.05, 0.1) is 25.0 Å². The summed E-state index contributed by atoms with van der Waals surface area (Å²) in [5, 5.41) is 7.42. The van der Waals surface area contributed by atoms with Crippen molar-refractivity contribution in [2.24, 2.45) is 5.16 Å². The number of ether oxygens (including phenoxy) is 2. The highest BCUT2D eigenvalue weighted by Crippen LogP contribution is 2.35. The number of nitrogens with zero attached hydrogens (tertiary/aromatic N) is 1. The third-order valence-electron chi connectivity index (χ3n) is 3.14. The molecule has 26 heavy (non-hydrogen) atoms. The molecule has 1 N–H and O–H groups in total. The van der Waals surface area contributed by atoms with Gasteiger partial charge in [-0.3, -0.25) is 4.79 Å². The molecule has 2 aromatic carbocycles. The van der Waals surface area contributed by atoms with E-state index < -0.39 is 0 Å². The minimum absolute atomic E-state index is 0.235. The van der Waals surface area contributed by atoms with E-state index in [-0.39, 0.29) is 12.5 Å². The van der Waals surface area contributed by atoms with E-state index in [0.29, 0.717) is 39.4 Å². The first-order valence-electron chi connectivity index (χ1n) is 7.74. The zero-order valence-corrected chi connectivity index (χ0v) is 15.8. The molecule has 2 rings (SSSR count). The molecule has 1 amide bonds. The predicted molar refractivity (Wildman–Crippen MR) is 103 cm³/mol. The van der Waals surface area contributed by atoms with Crippen LogP contribution in [0.3, 0.4) is 0 Å². The molecule has 2 aromatic rings. The molecule has 0 aliphatic heterocycles. The molecule has 0 aromatic heterocycles. The summed E-state index contributed by atoms with van der Waals surface area (Å²) in [7, 11) is 1.51. The largest absolute Gasteiger partial charge is 0.491 e. The van der Waals surface area contributed by atoms with Crippen molar-refractivity contribution >= 4 is 41.0 Å². The first-order valence-corrected chi connectivity index (χ1v) is 8.50. The number of halogens is 2. The summed E-state index contributed by atoms with van der Waals surface area (Å²) in [5.41, 5.74) is 1.27. The van der Waals surface area contributed by atoms with E-state index in [1.54, 1.807) is 36.4 Å². The number of hydrogen-bond donors (Lipinski definition) is 1. The van der Waals surface area contributed by atoms with Crippen LogP contribution in [-0.2, 0) is 9.63 Å². The number of nitrogens with one attached hydrogen (secondary N) is 1. The number of anilines is 1. The standard InChI is InChI=1S/C18H18Cl2N2O4/c1-3-25-16-9-12(8-15(20)18(16)24-2)10-21-26-11-17(23)22-14-6-4-13(19)5-7-14/h4-10H,3,11H2,1-2H3,(H,22,23)/b21-10+. The van der Waals surface area contributed by atoms with Crippen molar-refractivity contribution < 1.29 is 19.1 Å². The lowest BCUT2D eigenvalue weighted by Gasteiger charge is -2.11. The predicted octanol–water partition coefficient (Wildman–Crippen LogP) is 4.39. The number of carbonyl (C=O) groups excluding carboxylic acids is 1. The molecule has 6 nitrogen and oxygen atoms in total. The van der Waals surface area contributed by atoms with Crippen LogP contribution in [0.15, 0.2) is 41.6 Å². The number of oxime groups is 1. The molecule has 0 heterocycles. The lowest BCUT2D eigenvalue weighted by Crippen LogP contribution is -2.16. The van der Waals surface area contributed by atoms with Crippen LogP contribution in [0.4, 0.5) is 5.69 Å². The fraction of sp³-hybridized carbons (Fsp3) is 0.222. The molecule has 0 atom stereocenters. The van der Waals surface area contributed by atoms with E-state index in [1.165, 1.54) is 13.3 Å². The molecule has 0 saturated heterocycles. The van der Waals surface area contributed by atoms with Crippen molar-refractivity contribution in [3.05, 3.63) is 52.0 Å². The van der Waals surface area contributed by atoms with Crippen molar-refractivity contribution in [2.75, 3.05) is 25.6 Å². The average molecular weight is 397 g/mol. The number of methoxy groups -OCH3 is 1. The van der Waals surface area contributed by atoms with Gasteiger partial charge < -0.3 is 19.6 Å². The molecule has 0 aliphatic rings. The van der Waals surface area contributed by atoms with Gasteiger partial charge >= 0.3 is 0 Å². The normalized spacial score (nSPS) is 10.6. The van der Waals surface area contributed by atoms with Gasteiger partial charge in [0.2, 0.25) is 0 Å². The first kappa shape index (κ1) is 19.9. The van der Waals surface area contributed by atoms with E-state index in [4.69, 9.17) is 37.5 Å². The Morgan fingerprint density at radius 1 is 1.23 bits per heavy atom. The van der Waals surface area contributed by atoms with Crippen LogP contribution in [0.25, 0.3) is 0 Å². The second-order valence-corrected chi connectivity index (χ2v) is 5.87. The van der Waals surface area contributed by atoms with Gasteiger partial charge in [-0.15, -0.1) is 0 Å². The molecule has 0 spiro atoms. The van der Waals surface area contributed by atoms with E-state index in [9.17, 15) is 4.79 Å². The van der Waals surface area contributed by atoms with Crippen LogP contribution < -0.4 is 14.8 Å². The quantitative estimate of drug-likeness (QED) is 0.530. The van der Waals surface area contributed by atoms with E-state index in [1.807, 2.05) is 6.92 Å². The fourth-order valence-corrected chi connectivity index (χ4v) is 2.47. The molecule has 0 unspecified atom stereocenters. The molecule has 138 valence electrons. The maximum Gasteiger partial charge on any atom is 0.265 e. The molecule has 0 bridgehead atoms. The third-order valence-corrected chi connectivity index (χ3v) is 3.67. The fourth-order valence-electron chi connectivity index (χ4n) is 2.05. The molecule has 8 heteroatoms. The zero-order valence-electron chi connectivity index (χ0n) is 14.3. The van der Waals surface area contributed by atoms with E-state index >= 15 is 0 Å². The van der Waals surface area contributed by atoms with Crippen molar-refractivity contribution in [1.82, 2.24) is 0 Å². The van der Waals surface area contributed by atoms with Crippen molar-refractivity contribution in [1.29, 1.82) is 0 Å². The molecule has 0 fully saturated rings. The number of amides is 1. The highest BCUT2D eigenvalue weighted by Gasteiger charge is 2.10. The summed E-state index contributed by atoms with van der Waals surface area (Å²) in [5.74, 6) is 0.616. The molecule has 0 saturated carbocycles. The number of benzene rings is 2. The Hall–Kier alpha value is -2.44. The Bertz CT molecular complexity index is 780. The summed E-state index contributed by atoms with van der Waals surface area (Å²) >= 11 is 11.9. The first-order chi connectivity index (χ1) is 12.5. The van der Waals surface area contributed by atoms with Gasteiger partial charge in [0.25, 0.3) is 5.91 Å². The van der Waals surface area contributed by atoms with Gasteiger partial charge in [-0.05, 0) is 43.3 Å². The van der Waals surface area contributed by atoms with Crippen LogP contribution in [0.2, 0.25) is 10.0 Å². The Labute approximate surface area is 161 Å². The van der Waals surface area contributed by atoms with Crippen molar-refractivity contribution in [3.8, 4) is 11.5 Å². The maximum absolute atomic E-state index is 11.8. The van der Waals surface area contributed by atoms with Crippen molar-refractivity contribution in [3.63, 3.8) is 0 Å². The third kappa shape index (κ3) is 5.82. The van der Waals surface area contributed by atoms with Crippen LogP contribution in [-0.4, -0.2) is 32.4 Å². The number of carbonyl (C=O) groups is 1. The topological polar surface area (TPSA) is 69.2 Å². The summed E-state index contributed by atoms with van der Waals surface area (Å²) in [4.78, 5) is 16.8. The highest BCUT2D eigenvalue weighted by molar-refractivity contribution is 6.32. The minimum Gasteiger partial charge on any atom is -0.491 e. The summed E-state index contributed by atoms with van der Waals surface area (Å²) in [6.07, 6.45) is 1.43. The Kier molecular flexibility index (Phi) is 7.56. The molecular weight excluding hydrogens is 379 g/mol. The number of rotatable bonds is 8. The number of hydrogen-bond acceptors (Lipinski definition) is 5. The van der Waals surface area contributed by atoms with Gasteiger partial charge in [-0.1, -0.05) is 28.4 Å². The molecule has 0 aliphatic carbocycles. The van der Waals surface area contributed by atoms with Crippen LogP contribution in [0.1, 0.15) is 12.5 Å². The zero-order chi connectivity index (χ0) is 18.9. The molecule has 0 radical (unpaired) electrons. The second-order valence-electron chi connectivity index (χ2n) is 5.03. The van der Waals surface area contributed by atoms with Gasteiger partial charge in [0, 0.05) is 16.3 Å². The van der Waals surface area contributed by atoms with E-state index in [0.717, 1.165) is 0 Å². The lowest BCUT2D eigenvalue weighted by molar-refractivity contribution is -0.120.